The minimum Gasteiger partial charge on any atom is -0.477 e. The molecular formula is C18H22NO3+. The molecule has 22 heavy (non-hydrogen) atoms. The molecule has 0 radical (unpaired) electrons. The van der Waals surface area contributed by atoms with Gasteiger partial charge in [-0.05, 0) is 0 Å². The maximum Gasteiger partial charge on any atom is 0.359 e. The summed E-state index contributed by atoms with van der Waals surface area (Å²) in [4.78, 5) is 11.4. The third kappa shape index (κ3) is 4.69. The SMILES string of the molecule is O=C(O)C[N+](CCO)(Cc1ccccc1)Cc1ccccc1. The van der Waals surface area contributed by atoms with Crippen molar-refractivity contribution in [1.82, 2.24) is 0 Å². The number of aliphatic carboxylic acids is 1. The molecule has 0 spiro atoms. The highest BCUT2D eigenvalue weighted by Crippen LogP contribution is 2.19. The van der Waals surface area contributed by atoms with Gasteiger partial charge in [0.05, 0.1) is 6.61 Å². The van der Waals surface area contributed by atoms with E-state index < -0.39 is 5.97 Å². The summed E-state index contributed by atoms with van der Waals surface area (Å²) in [7, 11) is 0. The van der Waals surface area contributed by atoms with Gasteiger partial charge in [-0.2, -0.15) is 0 Å². The predicted octanol–water partition coefficient (Wildman–Crippen LogP) is 2.28. The van der Waals surface area contributed by atoms with Crippen LogP contribution in [0.3, 0.4) is 0 Å². The summed E-state index contributed by atoms with van der Waals surface area (Å²) in [6, 6.07) is 19.7. The number of carboxylic acid groups (broad SMARTS) is 1. The third-order valence-electron chi connectivity index (χ3n) is 3.77. The van der Waals surface area contributed by atoms with E-state index in [0.29, 0.717) is 24.1 Å². The van der Waals surface area contributed by atoms with E-state index in [1.807, 2.05) is 60.7 Å². The molecule has 0 aliphatic rings. The highest BCUT2D eigenvalue weighted by molar-refractivity contribution is 5.68. The van der Waals surface area contributed by atoms with Crippen LogP contribution in [0.15, 0.2) is 60.7 Å². The number of benzene rings is 2. The van der Waals surface area contributed by atoms with Crippen LogP contribution in [-0.4, -0.2) is 40.4 Å². The molecule has 0 saturated carbocycles. The Hall–Kier alpha value is -2.17. The van der Waals surface area contributed by atoms with Crippen LogP contribution in [0.25, 0.3) is 0 Å². The zero-order chi connectivity index (χ0) is 15.8. The third-order valence-corrected chi connectivity index (χ3v) is 3.77. The van der Waals surface area contributed by atoms with Gasteiger partial charge >= 0.3 is 5.97 Å². The maximum absolute atomic E-state index is 11.4. The molecule has 0 aromatic heterocycles. The van der Waals surface area contributed by atoms with Gasteiger partial charge in [-0.1, -0.05) is 60.7 Å². The molecule has 0 aliphatic heterocycles. The van der Waals surface area contributed by atoms with Gasteiger partial charge in [-0.25, -0.2) is 4.79 Å². The second-order valence-electron chi connectivity index (χ2n) is 5.63. The Morgan fingerprint density at radius 1 is 0.864 bits per heavy atom. The van der Waals surface area contributed by atoms with Crippen molar-refractivity contribution < 1.29 is 19.5 Å². The van der Waals surface area contributed by atoms with Crippen LogP contribution in [0.1, 0.15) is 11.1 Å². The molecular weight excluding hydrogens is 278 g/mol. The number of aliphatic hydroxyl groups excluding tert-OH is 1. The molecule has 4 heteroatoms. The molecule has 2 N–H and O–H groups in total. The number of carbonyl (C=O) groups is 1. The van der Waals surface area contributed by atoms with Crippen molar-refractivity contribution in [2.45, 2.75) is 13.1 Å². The number of hydrogen-bond acceptors (Lipinski definition) is 2. The van der Waals surface area contributed by atoms with Gasteiger partial charge in [0.25, 0.3) is 0 Å². The van der Waals surface area contributed by atoms with Crippen LogP contribution in [0.5, 0.6) is 0 Å². The molecule has 0 aliphatic carbocycles. The van der Waals surface area contributed by atoms with Crippen molar-refractivity contribution in [2.24, 2.45) is 0 Å². The van der Waals surface area contributed by atoms with Crippen molar-refractivity contribution in [2.75, 3.05) is 19.7 Å². The summed E-state index contributed by atoms with van der Waals surface area (Å²) in [5.74, 6) is -0.847. The van der Waals surface area contributed by atoms with Crippen LogP contribution in [0.2, 0.25) is 0 Å². The van der Waals surface area contributed by atoms with Gasteiger partial charge in [0, 0.05) is 11.1 Å². The summed E-state index contributed by atoms with van der Waals surface area (Å²) in [5, 5.41) is 18.8. The fraction of sp³-hybridized carbons (Fsp3) is 0.278. The molecule has 0 bridgehead atoms. The van der Waals surface area contributed by atoms with E-state index >= 15 is 0 Å². The van der Waals surface area contributed by atoms with E-state index in [2.05, 4.69) is 0 Å². The fourth-order valence-corrected chi connectivity index (χ4v) is 2.85. The van der Waals surface area contributed by atoms with Crippen LogP contribution in [-0.2, 0) is 17.9 Å². The lowest BCUT2D eigenvalue weighted by molar-refractivity contribution is -0.947. The Kier molecular flexibility index (Phi) is 5.69. The van der Waals surface area contributed by atoms with E-state index in [1.165, 1.54) is 0 Å². The average molecular weight is 300 g/mol. The lowest BCUT2D eigenvalue weighted by Crippen LogP contribution is -2.51. The van der Waals surface area contributed by atoms with E-state index in [1.54, 1.807) is 0 Å². The minimum absolute atomic E-state index is 0.00957. The highest BCUT2D eigenvalue weighted by Gasteiger charge is 2.30. The topological polar surface area (TPSA) is 57.5 Å². The minimum atomic E-state index is -0.847. The van der Waals surface area contributed by atoms with Gasteiger partial charge in [0.1, 0.15) is 19.6 Å². The smallest absolute Gasteiger partial charge is 0.359 e. The van der Waals surface area contributed by atoms with Crippen LogP contribution in [0.4, 0.5) is 0 Å². The highest BCUT2D eigenvalue weighted by atomic mass is 16.4. The monoisotopic (exact) mass is 300 g/mol. The average Bonchev–Trinajstić information content (AvgIpc) is 2.48. The molecule has 4 nitrogen and oxygen atoms in total. The summed E-state index contributed by atoms with van der Waals surface area (Å²) >= 11 is 0. The summed E-state index contributed by atoms with van der Waals surface area (Å²) in [6.07, 6.45) is 0. The van der Waals surface area contributed by atoms with Crippen LogP contribution >= 0.6 is 0 Å². The predicted molar refractivity (Wildman–Crippen MR) is 85.0 cm³/mol. The Bertz CT molecular complexity index is 542. The zero-order valence-corrected chi connectivity index (χ0v) is 12.6. The molecule has 0 saturated heterocycles. The van der Waals surface area contributed by atoms with Crippen LogP contribution in [0, 0.1) is 0 Å². The maximum atomic E-state index is 11.4. The Morgan fingerprint density at radius 3 is 1.68 bits per heavy atom. The Balaban J connectivity index is 2.30. The molecule has 0 unspecified atom stereocenters. The normalized spacial score (nSPS) is 11.3. The summed E-state index contributed by atoms with van der Waals surface area (Å²) in [6.45, 7) is 1.54. The quantitative estimate of drug-likeness (QED) is 0.735. The first-order chi connectivity index (χ1) is 10.6. The first kappa shape index (κ1) is 16.2. The molecule has 2 aromatic rings. The summed E-state index contributed by atoms with van der Waals surface area (Å²) in [5.41, 5.74) is 2.15. The molecule has 0 atom stereocenters. The van der Waals surface area contributed by atoms with Gasteiger partial charge in [-0.15, -0.1) is 0 Å². The number of quaternary nitrogens is 1. The second-order valence-corrected chi connectivity index (χ2v) is 5.63. The molecule has 0 heterocycles. The number of hydrogen-bond donors (Lipinski definition) is 2. The van der Waals surface area contributed by atoms with E-state index in [-0.39, 0.29) is 13.2 Å². The number of aliphatic hydroxyl groups is 1. The lowest BCUT2D eigenvalue weighted by Gasteiger charge is -2.37. The first-order valence-electron chi connectivity index (χ1n) is 7.39. The molecule has 0 amide bonds. The van der Waals surface area contributed by atoms with Crippen molar-refractivity contribution in [3.8, 4) is 0 Å². The summed E-state index contributed by atoms with van der Waals surface area (Å²) < 4.78 is 0.305. The molecule has 2 rings (SSSR count). The van der Waals surface area contributed by atoms with Crippen molar-refractivity contribution in [3.63, 3.8) is 0 Å². The van der Waals surface area contributed by atoms with E-state index in [0.717, 1.165) is 11.1 Å². The van der Waals surface area contributed by atoms with Gasteiger partial charge in [-0.3, -0.25) is 0 Å². The van der Waals surface area contributed by atoms with E-state index in [9.17, 15) is 15.0 Å². The number of nitrogens with zero attached hydrogens (tertiary/aromatic N) is 1. The van der Waals surface area contributed by atoms with Gasteiger partial charge < -0.3 is 14.7 Å². The second kappa shape index (κ2) is 7.73. The largest absolute Gasteiger partial charge is 0.477 e. The van der Waals surface area contributed by atoms with E-state index in [4.69, 9.17) is 0 Å². The number of rotatable bonds is 8. The van der Waals surface area contributed by atoms with Crippen LogP contribution < -0.4 is 0 Å². The van der Waals surface area contributed by atoms with Gasteiger partial charge in [0.15, 0.2) is 6.54 Å². The molecule has 0 fully saturated rings. The Morgan fingerprint density at radius 2 is 1.32 bits per heavy atom. The van der Waals surface area contributed by atoms with Crippen molar-refractivity contribution >= 4 is 5.97 Å². The molecule has 116 valence electrons. The zero-order valence-electron chi connectivity index (χ0n) is 12.6. The number of carboxylic acids is 1. The Labute approximate surface area is 130 Å². The standard InChI is InChI=1S/C18H21NO3/c20-12-11-19(15-18(21)22,13-16-7-3-1-4-8-16)14-17-9-5-2-6-10-17/h1-10,20H,11-15H2/p+1. The first-order valence-corrected chi connectivity index (χ1v) is 7.39. The fourth-order valence-electron chi connectivity index (χ4n) is 2.85. The van der Waals surface area contributed by atoms with Gasteiger partial charge in [0.2, 0.25) is 0 Å². The lowest BCUT2D eigenvalue weighted by atomic mass is 10.1. The van der Waals surface area contributed by atoms with Crippen molar-refractivity contribution in [3.05, 3.63) is 71.8 Å². The van der Waals surface area contributed by atoms with Crippen molar-refractivity contribution in [1.29, 1.82) is 0 Å². The molecule has 2 aromatic carbocycles.